The van der Waals surface area contributed by atoms with Crippen molar-refractivity contribution >= 4 is 27.3 Å². The van der Waals surface area contributed by atoms with Crippen LogP contribution in [0.15, 0.2) is 60.9 Å². The zero-order chi connectivity index (χ0) is 31.3. The summed E-state index contributed by atoms with van der Waals surface area (Å²) in [5.41, 5.74) is -2.12. The van der Waals surface area contributed by atoms with Gasteiger partial charge in [0, 0.05) is 50.2 Å². The first-order chi connectivity index (χ1) is 19.3. The first kappa shape index (κ1) is 55.0. The third-order valence-corrected chi connectivity index (χ3v) is 6.16. The minimum Gasteiger partial charge on any atom is -0.786 e. The van der Waals surface area contributed by atoms with Gasteiger partial charge in [-0.2, -0.15) is 13.2 Å². The second-order valence-electron chi connectivity index (χ2n) is 6.66. The Hall–Kier alpha value is 0.575. The summed E-state index contributed by atoms with van der Waals surface area (Å²) in [5, 5.41) is 0. The van der Waals surface area contributed by atoms with Gasteiger partial charge in [0.1, 0.15) is 0 Å². The Bertz CT molecular complexity index is 1110. The Morgan fingerprint density at radius 2 is 1.00 bits per heavy atom. The summed E-state index contributed by atoms with van der Waals surface area (Å²) in [7, 11) is -9.75. The number of hydrogen-bond donors (Lipinski definition) is 0. The maximum absolute atomic E-state index is 10.7. The molecule has 3 heterocycles. The molecule has 0 atom stereocenters. The average molecular weight is 873 g/mol. The monoisotopic (exact) mass is 871 g/mol. The molecule has 45 heavy (non-hydrogen) atoms. The molecule has 0 amide bonds. The van der Waals surface area contributed by atoms with Crippen LogP contribution in [0.2, 0.25) is 0 Å². The number of nitrogens with zero attached hydrogens (tertiary/aromatic N) is 3. The Balaban J connectivity index is -0.000000166. The molecule has 3 rings (SSSR count). The normalized spacial score (nSPS) is 10.1. The molecule has 0 aliphatic rings. The third-order valence-electron chi connectivity index (χ3n) is 3.72. The van der Waals surface area contributed by atoms with Crippen molar-refractivity contribution in [3.63, 3.8) is 0 Å². The SMILES string of the molecule is CCOP([O-])OCC.CCOP([O-])OCC.O=S(=O)([O-])C(F)(F)F.[Ag+].[Ag+].[Li+].[Li+].c1ccc(-c2ccc(-c3ccccn3)[n-]2)nc1. The van der Waals surface area contributed by atoms with E-state index in [2.05, 4.69) is 33.0 Å². The van der Waals surface area contributed by atoms with Crippen LogP contribution in [0.25, 0.3) is 22.8 Å². The number of halogens is 3. The molecule has 0 aliphatic heterocycles. The van der Waals surface area contributed by atoms with Crippen LogP contribution in [0.1, 0.15) is 27.7 Å². The van der Waals surface area contributed by atoms with Gasteiger partial charge in [-0.1, -0.05) is 24.3 Å². The van der Waals surface area contributed by atoms with Crippen LogP contribution in [0.4, 0.5) is 13.2 Å². The predicted molar refractivity (Wildman–Crippen MR) is 142 cm³/mol. The van der Waals surface area contributed by atoms with Crippen LogP contribution in [-0.4, -0.2) is 54.9 Å². The largest absolute Gasteiger partial charge is 1.00 e. The summed E-state index contributed by atoms with van der Waals surface area (Å²) in [6.45, 7) is 8.84. The minimum atomic E-state index is -6.09. The van der Waals surface area contributed by atoms with E-state index >= 15 is 0 Å². The van der Waals surface area contributed by atoms with Crippen LogP contribution in [0.5, 0.6) is 0 Å². The van der Waals surface area contributed by atoms with Crippen molar-refractivity contribution < 1.29 is 137 Å². The van der Waals surface area contributed by atoms with Crippen LogP contribution in [-0.2, 0) is 73.0 Å². The van der Waals surface area contributed by atoms with Gasteiger partial charge in [-0.15, -0.1) is 11.4 Å². The van der Waals surface area contributed by atoms with Gasteiger partial charge in [0.25, 0.3) is 0 Å². The molecule has 0 aromatic carbocycles. The van der Waals surface area contributed by atoms with Gasteiger partial charge < -0.3 is 37.4 Å². The standard InChI is InChI=1S/C14H10N3.2C4H10O3P.CHF3O3S.2Ag.2Li/c1-3-9-15-11(5-1)13-7-8-14(17-13)12-6-2-4-10-16-12;2*1-3-6-8(5)7-4-2;2-1(3,4)8(5,6)7;;;;/h1-10H;2*3-4H2,1-2H3;(H,5,6,7);;;;/q3*-1;;4*+1/p-1. The molecule has 0 saturated carbocycles. The van der Waals surface area contributed by atoms with Crippen molar-refractivity contribution in [1.29, 1.82) is 0 Å². The molecular weight excluding hydrogens is 843 g/mol. The van der Waals surface area contributed by atoms with Crippen LogP contribution >= 0.6 is 17.2 Å². The second kappa shape index (κ2) is 31.8. The van der Waals surface area contributed by atoms with Crippen molar-refractivity contribution in [3.05, 3.63) is 60.9 Å². The van der Waals surface area contributed by atoms with Crippen LogP contribution in [0.3, 0.4) is 0 Å². The number of rotatable bonds is 10. The fourth-order valence-corrected chi connectivity index (χ4v) is 3.16. The molecule has 3 aromatic heterocycles. The molecule has 0 N–H and O–H groups in total. The first-order valence-electron chi connectivity index (χ1n) is 11.7. The molecule has 0 spiro atoms. The van der Waals surface area contributed by atoms with Gasteiger partial charge in [0.05, 0.1) is 17.2 Å². The number of aromatic nitrogens is 3. The van der Waals surface area contributed by atoms with Crippen molar-refractivity contribution in [1.82, 2.24) is 15.0 Å². The summed E-state index contributed by atoms with van der Waals surface area (Å²) in [4.78, 5) is 33.8. The van der Waals surface area contributed by atoms with E-state index in [1.165, 1.54) is 0 Å². The second-order valence-corrected chi connectivity index (χ2v) is 9.96. The fraction of sp³-hybridized carbons (Fsp3) is 0.391. The van der Waals surface area contributed by atoms with Gasteiger partial charge >= 0.3 is 88.0 Å². The Labute approximate surface area is 319 Å². The van der Waals surface area contributed by atoms with Crippen molar-refractivity contribution in [2.45, 2.75) is 33.2 Å². The van der Waals surface area contributed by atoms with Crippen molar-refractivity contribution in [2.75, 3.05) is 26.4 Å². The molecule has 0 fully saturated rings. The minimum absolute atomic E-state index is 0. The topological polar surface area (TPSA) is 180 Å². The van der Waals surface area contributed by atoms with E-state index in [1.54, 1.807) is 40.1 Å². The van der Waals surface area contributed by atoms with Gasteiger partial charge in [-0.25, -0.2) is 8.42 Å². The zero-order valence-corrected chi connectivity index (χ0v) is 30.7. The molecule has 0 radical (unpaired) electrons. The van der Waals surface area contributed by atoms with E-state index in [0.717, 1.165) is 22.8 Å². The molecular formula is C23H30Ag2F3Li2N3O9P2S. The van der Waals surface area contributed by atoms with E-state index in [4.69, 9.17) is 13.0 Å². The average Bonchev–Trinajstić information content (AvgIpc) is 3.41. The van der Waals surface area contributed by atoms with E-state index in [9.17, 15) is 23.0 Å². The zero-order valence-electron chi connectivity index (χ0n) is 25.2. The Kier molecular flexibility index (Phi) is 38.9. The van der Waals surface area contributed by atoms with E-state index < -0.39 is 32.8 Å². The number of pyridine rings is 2. The number of alkyl halides is 3. The molecule has 22 heteroatoms. The first-order valence-corrected chi connectivity index (χ1v) is 15.3. The van der Waals surface area contributed by atoms with E-state index in [1.807, 2.05) is 48.5 Å². The molecule has 3 aromatic rings. The summed E-state index contributed by atoms with van der Waals surface area (Å²) < 4.78 is 77.2. The Morgan fingerprint density at radius 3 is 1.20 bits per heavy atom. The van der Waals surface area contributed by atoms with Gasteiger partial charge in [-0.3, -0.25) is 9.97 Å². The smallest absolute Gasteiger partial charge is 0.786 e. The van der Waals surface area contributed by atoms with Crippen molar-refractivity contribution in [3.8, 4) is 22.8 Å². The predicted octanol–water partition coefficient (Wildman–Crippen LogP) is -1.88. The quantitative estimate of drug-likeness (QED) is 0.0960. The van der Waals surface area contributed by atoms with E-state index in [0.29, 0.717) is 26.4 Å². The molecule has 0 aliphatic carbocycles. The van der Waals surface area contributed by atoms with E-state index in [-0.39, 0.29) is 82.5 Å². The molecule has 0 unspecified atom stereocenters. The fourth-order valence-electron chi connectivity index (χ4n) is 2.17. The molecule has 12 nitrogen and oxygen atoms in total. The maximum Gasteiger partial charge on any atom is 1.00 e. The number of hydrogen-bond acceptors (Lipinski definition) is 11. The van der Waals surface area contributed by atoms with Gasteiger partial charge in [0.15, 0.2) is 10.1 Å². The maximum atomic E-state index is 10.7. The van der Waals surface area contributed by atoms with Crippen LogP contribution < -0.4 is 52.5 Å². The molecule has 0 bridgehead atoms. The molecule has 0 saturated heterocycles. The Morgan fingerprint density at radius 1 is 0.711 bits per heavy atom. The van der Waals surface area contributed by atoms with Crippen molar-refractivity contribution in [2.24, 2.45) is 0 Å². The van der Waals surface area contributed by atoms with Gasteiger partial charge in [-0.05, 0) is 52.0 Å². The van der Waals surface area contributed by atoms with Crippen LogP contribution in [0, 0.1) is 0 Å². The summed E-state index contributed by atoms with van der Waals surface area (Å²) in [6, 6.07) is 15.5. The summed E-state index contributed by atoms with van der Waals surface area (Å²) in [6.07, 6.45) is 3.54. The molecule has 252 valence electrons. The summed E-state index contributed by atoms with van der Waals surface area (Å²) in [5.74, 6) is 0. The summed E-state index contributed by atoms with van der Waals surface area (Å²) >= 11 is 0. The van der Waals surface area contributed by atoms with Gasteiger partial charge in [0.2, 0.25) is 0 Å². The third kappa shape index (κ3) is 27.1.